The number of hydrogen-bond acceptors (Lipinski definition) is 6. The van der Waals surface area contributed by atoms with Crippen LogP contribution in [0.5, 0.6) is 5.75 Å². The van der Waals surface area contributed by atoms with E-state index in [2.05, 4.69) is 10.6 Å². The zero-order valence-corrected chi connectivity index (χ0v) is 23.3. The quantitative estimate of drug-likeness (QED) is 0.293. The Morgan fingerprint density at radius 3 is 2.22 bits per heavy atom. The van der Waals surface area contributed by atoms with Gasteiger partial charge >= 0.3 is 6.09 Å². The number of alkyl carbamates (subject to hydrolysis) is 1. The number of amides is 2. The average molecular weight is 555 g/mol. The Morgan fingerprint density at radius 2 is 1.59 bits per heavy atom. The summed E-state index contributed by atoms with van der Waals surface area (Å²) in [4.78, 5) is 39.0. The monoisotopic (exact) mass is 554 g/mol. The van der Waals surface area contributed by atoms with Crippen LogP contribution in [0.4, 0.5) is 4.79 Å². The molecule has 8 nitrogen and oxygen atoms in total. The molecule has 2 amide bonds. The summed E-state index contributed by atoms with van der Waals surface area (Å²) in [7, 11) is 0. The average Bonchev–Trinajstić information content (AvgIpc) is 3.23. The number of aliphatic hydroxyl groups excluding tert-OH is 1. The second-order valence-electron chi connectivity index (χ2n) is 10.7. The Kier molecular flexibility index (Phi) is 9.24. The van der Waals surface area contributed by atoms with Gasteiger partial charge in [-0.25, -0.2) is 4.79 Å². The number of aliphatic hydroxyl groups is 1. The van der Waals surface area contributed by atoms with Gasteiger partial charge in [0, 0.05) is 12.0 Å². The number of nitrogens with one attached hydrogen (secondary N) is 2. The molecule has 0 saturated carbocycles. The van der Waals surface area contributed by atoms with Crippen LogP contribution >= 0.6 is 0 Å². The van der Waals surface area contributed by atoms with E-state index in [9.17, 15) is 19.5 Å². The van der Waals surface area contributed by atoms with Crippen molar-refractivity contribution in [2.24, 2.45) is 0 Å². The van der Waals surface area contributed by atoms with Gasteiger partial charge in [0.05, 0.1) is 0 Å². The Hall–Kier alpha value is -4.85. The smallest absolute Gasteiger partial charge is 0.408 e. The van der Waals surface area contributed by atoms with E-state index in [1.54, 1.807) is 57.2 Å². The fourth-order valence-electron chi connectivity index (χ4n) is 4.19. The summed E-state index contributed by atoms with van der Waals surface area (Å²) in [5.41, 5.74) is 1.54. The van der Waals surface area contributed by atoms with E-state index in [1.165, 1.54) is 0 Å². The van der Waals surface area contributed by atoms with Crippen molar-refractivity contribution in [2.45, 2.75) is 51.5 Å². The van der Waals surface area contributed by atoms with Gasteiger partial charge in [0.15, 0.2) is 6.10 Å². The predicted octanol–water partition coefficient (Wildman–Crippen LogP) is 5.29. The number of ketones is 1. The van der Waals surface area contributed by atoms with Crippen LogP contribution in [0.15, 0.2) is 102 Å². The molecule has 2 unspecified atom stereocenters. The van der Waals surface area contributed by atoms with E-state index in [0.29, 0.717) is 17.9 Å². The fourth-order valence-corrected chi connectivity index (χ4v) is 4.19. The Labute approximate surface area is 239 Å². The standard InChI is InChI=1S/C33H34N2O6/c1-33(2,3)35-32(39)41-27(20-23-14-17-25(18-15-23)40-21-24-12-8-5-9-13-24)30(37)28-29(36)26(34-31(28)38)19-16-22-10-6-4-7-11-22/h4-19,26-27,36H,20-21H2,1-3H3,(H,34,38)(H,35,39). The van der Waals surface area contributed by atoms with Crippen molar-refractivity contribution in [3.63, 3.8) is 0 Å². The van der Waals surface area contributed by atoms with E-state index >= 15 is 0 Å². The van der Waals surface area contributed by atoms with Gasteiger partial charge in [-0.05, 0) is 49.6 Å². The van der Waals surface area contributed by atoms with E-state index < -0.39 is 46.8 Å². The number of Topliss-reactive ketones (excluding diaryl/α,β-unsaturated/α-hetero) is 1. The molecular weight excluding hydrogens is 520 g/mol. The van der Waals surface area contributed by atoms with Crippen LogP contribution in [0, 0.1) is 0 Å². The Morgan fingerprint density at radius 1 is 0.951 bits per heavy atom. The molecule has 0 bridgehead atoms. The van der Waals surface area contributed by atoms with Crippen molar-refractivity contribution < 1.29 is 29.0 Å². The molecule has 4 rings (SSSR count). The summed E-state index contributed by atoms with van der Waals surface area (Å²) in [6, 6.07) is 25.3. The highest BCUT2D eigenvalue weighted by Crippen LogP contribution is 2.23. The van der Waals surface area contributed by atoms with Crippen molar-refractivity contribution in [3.8, 4) is 5.75 Å². The third-order valence-corrected chi connectivity index (χ3v) is 6.20. The summed E-state index contributed by atoms with van der Waals surface area (Å²) >= 11 is 0. The normalized spacial score (nSPS) is 15.9. The van der Waals surface area contributed by atoms with Crippen molar-refractivity contribution in [1.82, 2.24) is 10.6 Å². The largest absolute Gasteiger partial charge is 0.509 e. The van der Waals surface area contributed by atoms with E-state index in [-0.39, 0.29) is 6.42 Å². The summed E-state index contributed by atoms with van der Waals surface area (Å²) in [5, 5.41) is 16.1. The van der Waals surface area contributed by atoms with Gasteiger partial charge in [0.2, 0.25) is 5.78 Å². The van der Waals surface area contributed by atoms with Gasteiger partial charge < -0.3 is 25.2 Å². The number of rotatable bonds is 10. The first-order chi connectivity index (χ1) is 19.6. The number of hydrogen-bond donors (Lipinski definition) is 3. The molecule has 3 aromatic rings. The molecule has 0 spiro atoms. The molecule has 212 valence electrons. The van der Waals surface area contributed by atoms with Crippen LogP contribution in [-0.2, 0) is 27.4 Å². The number of carbonyl (C=O) groups excluding carboxylic acids is 3. The predicted molar refractivity (Wildman–Crippen MR) is 156 cm³/mol. The highest BCUT2D eigenvalue weighted by atomic mass is 16.6. The summed E-state index contributed by atoms with van der Waals surface area (Å²) in [5.74, 6) is -1.30. The molecule has 8 heteroatoms. The maximum atomic E-state index is 13.6. The highest BCUT2D eigenvalue weighted by Gasteiger charge is 2.39. The lowest BCUT2D eigenvalue weighted by atomic mass is 9.98. The van der Waals surface area contributed by atoms with Crippen molar-refractivity contribution in [1.29, 1.82) is 0 Å². The summed E-state index contributed by atoms with van der Waals surface area (Å²) in [6.07, 6.45) is 1.16. The third kappa shape index (κ3) is 8.32. The molecule has 0 aromatic heterocycles. The van der Waals surface area contributed by atoms with E-state index in [1.807, 2.05) is 60.7 Å². The minimum atomic E-state index is -1.35. The van der Waals surface area contributed by atoms with Gasteiger partial charge in [-0.1, -0.05) is 84.9 Å². The van der Waals surface area contributed by atoms with Gasteiger partial charge in [0.25, 0.3) is 5.91 Å². The van der Waals surface area contributed by atoms with Crippen LogP contribution in [0.2, 0.25) is 0 Å². The Bertz CT molecular complexity index is 1420. The van der Waals surface area contributed by atoms with Crippen LogP contribution in [0.1, 0.15) is 37.5 Å². The molecule has 2 atom stereocenters. The van der Waals surface area contributed by atoms with Gasteiger partial charge in [-0.2, -0.15) is 0 Å². The lowest BCUT2D eigenvalue weighted by Crippen LogP contribution is -2.44. The maximum Gasteiger partial charge on any atom is 0.408 e. The molecular formula is C33H34N2O6. The van der Waals surface area contributed by atoms with Crippen molar-refractivity contribution in [2.75, 3.05) is 0 Å². The third-order valence-electron chi connectivity index (χ3n) is 6.20. The zero-order valence-electron chi connectivity index (χ0n) is 23.3. The molecule has 1 heterocycles. The van der Waals surface area contributed by atoms with Gasteiger partial charge in [-0.15, -0.1) is 0 Å². The topological polar surface area (TPSA) is 114 Å². The molecule has 3 aromatic carbocycles. The number of ether oxygens (including phenoxy) is 2. The summed E-state index contributed by atoms with van der Waals surface area (Å²) < 4.78 is 11.4. The zero-order chi connectivity index (χ0) is 29.4. The molecule has 1 aliphatic heterocycles. The van der Waals surface area contributed by atoms with Crippen LogP contribution in [0.3, 0.4) is 0 Å². The maximum absolute atomic E-state index is 13.6. The lowest BCUT2D eigenvalue weighted by Gasteiger charge is -2.23. The molecule has 0 fully saturated rings. The Balaban J connectivity index is 1.51. The van der Waals surface area contributed by atoms with Crippen LogP contribution in [-0.4, -0.2) is 40.6 Å². The SMILES string of the molecule is CC(C)(C)NC(=O)OC(Cc1ccc(OCc2ccccc2)cc1)C(=O)C1=C(O)C(C=Cc2ccccc2)NC1=O. The second-order valence-corrected chi connectivity index (χ2v) is 10.7. The van der Waals surface area contributed by atoms with Gasteiger partial charge in [0.1, 0.15) is 29.7 Å². The van der Waals surface area contributed by atoms with E-state index in [4.69, 9.17) is 9.47 Å². The molecule has 41 heavy (non-hydrogen) atoms. The first-order valence-corrected chi connectivity index (χ1v) is 13.3. The van der Waals surface area contributed by atoms with Gasteiger partial charge in [-0.3, -0.25) is 9.59 Å². The first-order valence-electron chi connectivity index (χ1n) is 13.3. The van der Waals surface area contributed by atoms with Crippen molar-refractivity contribution >= 4 is 23.9 Å². The molecule has 0 radical (unpaired) electrons. The summed E-state index contributed by atoms with van der Waals surface area (Å²) in [6.45, 7) is 5.74. The molecule has 1 aliphatic rings. The second kappa shape index (κ2) is 13.0. The first kappa shape index (κ1) is 29.1. The highest BCUT2D eigenvalue weighted by molar-refractivity contribution is 6.23. The van der Waals surface area contributed by atoms with Crippen LogP contribution in [0.25, 0.3) is 6.08 Å². The van der Waals surface area contributed by atoms with E-state index in [0.717, 1.165) is 11.1 Å². The molecule has 3 N–H and O–H groups in total. The fraction of sp³-hybridized carbons (Fsp3) is 0.242. The minimum Gasteiger partial charge on any atom is -0.509 e. The molecule has 0 saturated heterocycles. The molecule has 0 aliphatic carbocycles. The number of benzene rings is 3. The number of carbonyl (C=O) groups is 3. The van der Waals surface area contributed by atoms with Crippen LogP contribution < -0.4 is 15.4 Å². The minimum absolute atomic E-state index is 0.00998. The lowest BCUT2D eigenvalue weighted by molar-refractivity contribution is -0.127. The van der Waals surface area contributed by atoms with Crippen molar-refractivity contribution in [3.05, 3.63) is 119 Å².